The fourth-order valence-corrected chi connectivity index (χ4v) is 3.71. The summed E-state index contributed by atoms with van der Waals surface area (Å²) in [6.45, 7) is 6.68. The number of hydrogen-bond donors (Lipinski definition) is 2. The Morgan fingerprint density at radius 2 is 1.67 bits per heavy atom. The third kappa shape index (κ3) is 4.76. The van der Waals surface area contributed by atoms with Gasteiger partial charge < -0.3 is 10.0 Å². The number of nitrogens with one attached hydrogen (secondary N) is 1. The molecule has 4 nitrogen and oxygen atoms in total. The van der Waals surface area contributed by atoms with Gasteiger partial charge >= 0.3 is 0 Å². The molecule has 1 radical (unpaired) electrons. The van der Waals surface area contributed by atoms with Crippen molar-refractivity contribution >= 4 is 5.91 Å². The molecule has 2 N–H and O–H groups in total. The van der Waals surface area contributed by atoms with Crippen LogP contribution < -0.4 is 5.32 Å². The van der Waals surface area contributed by atoms with E-state index in [1.807, 2.05) is 65.6 Å². The molecule has 0 aliphatic carbocycles. The van der Waals surface area contributed by atoms with Gasteiger partial charge in [0.25, 0.3) is 0 Å². The van der Waals surface area contributed by atoms with Crippen molar-refractivity contribution in [1.82, 2.24) is 10.2 Å². The first-order chi connectivity index (χ1) is 13.0. The number of nitrogens with zero attached hydrogens (tertiary/aromatic N) is 1. The van der Waals surface area contributed by atoms with Crippen LogP contribution in [0.15, 0.2) is 60.7 Å². The zero-order valence-electron chi connectivity index (χ0n) is 16.0. The van der Waals surface area contributed by atoms with Crippen LogP contribution in [0, 0.1) is 6.92 Å². The first-order valence-electron chi connectivity index (χ1n) is 9.73. The van der Waals surface area contributed by atoms with Crippen LogP contribution in [0.2, 0.25) is 0 Å². The third-order valence-electron chi connectivity index (χ3n) is 5.18. The van der Waals surface area contributed by atoms with Crippen molar-refractivity contribution in [2.45, 2.75) is 57.0 Å². The first kappa shape index (κ1) is 19.6. The topological polar surface area (TPSA) is 52.6 Å². The van der Waals surface area contributed by atoms with Crippen LogP contribution in [0.1, 0.15) is 37.3 Å². The van der Waals surface area contributed by atoms with Crippen LogP contribution >= 0.6 is 0 Å². The molecular weight excluding hydrogens is 336 g/mol. The molecule has 1 amide bonds. The van der Waals surface area contributed by atoms with Crippen molar-refractivity contribution in [2.75, 3.05) is 0 Å². The maximum atomic E-state index is 13.2. The molecule has 2 aromatic rings. The lowest BCUT2D eigenvalue weighted by Gasteiger charge is -2.28. The van der Waals surface area contributed by atoms with E-state index in [4.69, 9.17) is 0 Å². The van der Waals surface area contributed by atoms with Crippen LogP contribution in [0.3, 0.4) is 0 Å². The van der Waals surface area contributed by atoms with E-state index >= 15 is 0 Å². The fraction of sp³-hybridized carbons (Fsp3) is 0.391. The lowest BCUT2D eigenvalue weighted by atomic mass is 9.89. The second-order valence-electron chi connectivity index (χ2n) is 7.48. The third-order valence-corrected chi connectivity index (χ3v) is 5.18. The molecule has 0 aromatic heterocycles. The van der Waals surface area contributed by atoms with Gasteiger partial charge in [-0.1, -0.05) is 80.4 Å². The molecule has 1 aliphatic heterocycles. The van der Waals surface area contributed by atoms with E-state index in [2.05, 4.69) is 19.2 Å². The molecule has 3 rings (SSSR count). The monoisotopic (exact) mass is 365 g/mol. The van der Waals surface area contributed by atoms with Crippen molar-refractivity contribution < 1.29 is 9.90 Å². The minimum absolute atomic E-state index is 0.0756. The highest BCUT2D eigenvalue weighted by atomic mass is 16.3. The smallest absolute Gasteiger partial charge is 0.244 e. The Kier molecular flexibility index (Phi) is 6.30. The molecule has 27 heavy (non-hydrogen) atoms. The highest BCUT2D eigenvalue weighted by molar-refractivity contribution is 5.86. The van der Waals surface area contributed by atoms with Crippen molar-refractivity contribution in [1.29, 1.82) is 0 Å². The Bertz CT molecular complexity index is 731. The van der Waals surface area contributed by atoms with E-state index in [9.17, 15) is 9.90 Å². The molecule has 0 spiro atoms. The number of carbonyl (C=O) groups is 1. The Morgan fingerprint density at radius 3 is 2.26 bits per heavy atom. The predicted molar refractivity (Wildman–Crippen MR) is 108 cm³/mol. The molecule has 2 aromatic carbocycles. The molecule has 1 heterocycles. The lowest BCUT2D eigenvalue weighted by molar-refractivity contribution is -0.134. The van der Waals surface area contributed by atoms with Gasteiger partial charge in [-0.3, -0.25) is 10.1 Å². The Balaban J connectivity index is 1.78. The molecule has 1 fully saturated rings. The Morgan fingerprint density at radius 1 is 1.07 bits per heavy atom. The second kappa shape index (κ2) is 8.68. The van der Waals surface area contributed by atoms with E-state index < -0.39 is 11.6 Å². The Labute approximate surface area is 162 Å². The summed E-state index contributed by atoms with van der Waals surface area (Å²) in [5.74, 6) is -0.0756. The second-order valence-corrected chi connectivity index (χ2v) is 7.48. The van der Waals surface area contributed by atoms with E-state index in [1.54, 1.807) is 0 Å². The molecule has 3 atom stereocenters. The molecule has 0 bridgehead atoms. The quantitative estimate of drug-likeness (QED) is 0.755. The molecule has 3 unspecified atom stereocenters. The first-order valence-corrected chi connectivity index (χ1v) is 9.73. The van der Waals surface area contributed by atoms with E-state index in [-0.39, 0.29) is 12.1 Å². The number of rotatable bonds is 8. The summed E-state index contributed by atoms with van der Waals surface area (Å²) in [6, 6.07) is 19.0. The van der Waals surface area contributed by atoms with Gasteiger partial charge in [-0.25, -0.2) is 0 Å². The van der Waals surface area contributed by atoms with Crippen LogP contribution in [0.25, 0.3) is 0 Å². The minimum Gasteiger partial charge on any atom is -0.387 e. The van der Waals surface area contributed by atoms with Gasteiger partial charge in [-0.2, -0.15) is 0 Å². The van der Waals surface area contributed by atoms with Gasteiger partial charge in [-0.05, 0) is 24.5 Å². The van der Waals surface area contributed by atoms with E-state index in [0.29, 0.717) is 13.0 Å². The van der Waals surface area contributed by atoms with Gasteiger partial charge in [-0.15, -0.1) is 0 Å². The fourth-order valence-electron chi connectivity index (χ4n) is 3.71. The van der Waals surface area contributed by atoms with Gasteiger partial charge in [0.1, 0.15) is 6.04 Å². The number of hydrogen-bond acceptors (Lipinski definition) is 3. The van der Waals surface area contributed by atoms with Gasteiger partial charge in [0.05, 0.1) is 11.8 Å². The molecule has 143 valence electrons. The maximum Gasteiger partial charge on any atom is 0.244 e. The van der Waals surface area contributed by atoms with Crippen LogP contribution in [-0.2, 0) is 17.8 Å². The highest BCUT2D eigenvalue weighted by Gasteiger charge is 2.47. The summed E-state index contributed by atoms with van der Waals surface area (Å²) in [5.41, 5.74) is 0.663. The van der Waals surface area contributed by atoms with Gasteiger partial charge in [0.2, 0.25) is 5.91 Å². The summed E-state index contributed by atoms with van der Waals surface area (Å²) in [6.07, 6.45) is 3.21. The van der Waals surface area contributed by atoms with Crippen LogP contribution in [0.5, 0.6) is 0 Å². The summed E-state index contributed by atoms with van der Waals surface area (Å²) >= 11 is 0. The zero-order valence-corrected chi connectivity index (χ0v) is 16.0. The molecule has 0 saturated carbocycles. The van der Waals surface area contributed by atoms with E-state index in [0.717, 1.165) is 30.4 Å². The van der Waals surface area contributed by atoms with Crippen molar-refractivity contribution in [3.05, 3.63) is 78.7 Å². The van der Waals surface area contributed by atoms with Crippen LogP contribution in [-0.4, -0.2) is 33.7 Å². The average molecular weight is 365 g/mol. The highest BCUT2D eigenvalue weighted by Crippen LogP contribution is 2.27. The van der Waals surface area contributed by atoms with Crippen molar-refractivity contribution in [3.8, 4) is 0 Å². The lowest BCUT2D eigenvalue weighted by Crippen LogP contribution is -2.52. The number of unbranched alkanes of at least 4 members (excludes halogenated alkanes) is 1. The number of aliphatic hydroxyl groups is 1. The summed E-state index contributed by atoms with van der Waals surface area (Å²) in [5, 5.41) is 14.4. The molecule has 4 heteroatoms. The SMILES string of the molecule is [CH2]C(O)(Cc1ccccc1)C1NC(CCCC)N(Cc2ccccc2)C1=O. The molecule has 1 aliphatic rings. The van der Waals surface area contributed by atoms with Gasteiger partial charge in [0.15, 0.2) is 0 Å². The summed E-state index contributed by atoms with van der Waals surface area (Å²) < 4.78 is 0. The van der Waals surface area contributed by atoms with Crippen LogP contribution in [0.4, 0.5) is 0 Å². The Hall–Kier alpha value is -2.17. The zero-order chi connectivity index (χ0) is 19.3. The normalized spacial score (nSPS) is 22.0. The standard InChI is InChI=1S/C23H29N2O2/c1-3-4-15-20-24-21(23(2,27)16-18-11-7-5-8-12-18)22(26)25(20)17-19-13-9-6-10-14-19/h5-14,20-21,24,27H,2-4,15-17H2,1H3. The van der Waals surface area contributed by atoms with E-state index in [1.165, 1.54) is 0 Å². The molecular formula is C23H29N2O2. The summed E-state index contributed by atoms with van der Waals surface area (Å²) in [7, 11) is 0. The average Bonchev–Trinajstić information content (AvgIpc) is 2.98. The maximum absolute atomic E-state index is 13.2. The molecule has 1 saturated heterocycles. The number of carbonyl (C=O) groups excluding carboxylic acids is 1. The summed E-state index contributed by atoms with van der Waals surface area (Å²) in [4.78, 5) is 15.0. The largest absolute Gasteiger partial charge is 0.387 e. The predicted octanol–water partition coefficient (Wildman–Crippen LogP) is 3.31. The number of amides is 1. The van der Waals surface area contributed by atoms with Gasteiger partial charge in [0, 0.05) is 13.0 Å². The number of benzene rings is 2. The van der Waals surface area contributed by atoms with Crippen molar-refractivity contribution in [2.24, 2.45) is 0 Å². The minimum atomic E-state index is -1.39. The van der Waals surface area contributed by atoms with Crippen molar-refractivity contribution in [3.63, 3.8) is 0 Å².